The Balaban J connectivity index is 1.45. The lowest BCUT2D eigenvalue weighted by Gasteiger charge is -2.41. The number of aromatic nitrogens is 4. The average Bonchev–Trinajstić information content (AvgIpc) is 3.00. The Morgan fingerprint density at radius 2 is 1.91 bits per heavy atom. The molecule has 1 saturated heterocycles. The zero-order valence-electron chi connectivity index (χ0n) is 18.0. The van der Waals surface area contributed by atoms with E-state index in [0.717, 1.165) is 6.42 Å². The van der Waals surface area contributed by atoms with Gasteiger partial charge in [0.2, 0.25) is 0 Å². The summed E-state index contributed by atoms with van der Waals surface area (Å²) in [4.78, 5) is 16.7. The minimum Gasteiger partial charge on any atom is -0.394 e. The van der Waals surface area contributed by atoms with Crippen LogP contribution < -0.4 is 5.32 Å². The van der Waals surface area contributed by atoms with Gasteiger partial charge in [-0.05, 0) is 32.1 Å². The monoisotopic (exact) mass is 532 g/mol. The van der Waals surface area contributed by atoms with E-state index >= 15 is 0 Å². The van der Waals surface area contributed by atoms with Gasteiger partial charge in [0.25, 0.3) is 5.95 Å². The third-order valence-corrected chi connectivity index (χ3v) is 10.5. The summed E-state index contributed by atoms with van der Waals surface area (Å²) in [7, 11) is -5.36. The average molecular weight is 533 g/mol. The largest absolute Gasteiger partial charge is 0.394 e. The van der Waals surface area contributed by atoms with Crippen LogP contribution in [0, 0.1) is 0 Å². The van der Waals surface area contributed by atoms with Gasteiger partial charge in [-0.25, -0.2) is 23.4 Å². The van der Waals surface area contributed by atoms with Crippen LogP contribution in [0.5, 0.6) is 0 Å². The molecule has 3 aliphatic rings. The number of alkyl halides is 2. The zero-order chi connectivity index (χ0) is 24.1. The van der Waals surface area contributed by atoms with Crippen LogP contribution in [0.15, 0.2) is 21.7 Å². The van der Waals surface area contributed by atoms with E-state index in [1.165, 1.54) is 12.4 Å². The number of aliphatic hydroxyl groups excluding tert-OH is 1. The molecule has 1 saturated carbocycles. The Hall–Kier alpha value is -1.83. The molecule has 34 heavy (non-hydrogen) atoms. The maximum absolute atomic E-state index is 14.3. The van der Waals surface area contributed by atoms with Gasteiger partial charge in [0.1, 0.15) is 27.3 Å². The second kappa shape index (κ2) is 8.68. The van der Waals surface area contributed by atoms with Gasteiger partial charge in [0.05, 0.1) is 39.0 Å². The van der Waals surface area contributed by atoms with Crippen LogP contribution >= 0.6 is 11.6 Å². The molecule has 1 aliphatic carbocycles. The van der Waals surface area contributed by atoms with Crippen molar-refractivity contribution in [2.45, 2.75) is 60.1 Å². The Morgan fingerprint density at radius 1 is 1.24 bits per heavy atom. The summed E-state index contributed by atoms with van der Waals surface area (Å²) in [6.45, 7) is -0.216. The van der Waals surface area contributed by atoms with Gasteiger partial charge < -0.3 is 10.4 Å². The van der Waals surface area contributed by atoms with Crippen LogP contribution in [0.4, 0.5) is 20.5 Å². The molecule has 4 heterocycles. The molecule has 2 aromatic rings. The highest BCUT2D eigenvalue weighted by Gasteiger charge is 2.50. The lowest BCUT2D eigenvalue weighted by Crippen LogP contribution is -2.48. The number of hydrogen-bond acceptors (Lipinski definition) is 9. The van der Waals surface area contributed by atoms with Crippen molar-refractivity contribution >= 4 is 43.9 Å². The molecule has 14 heteroatoms. The molecule has 0 bridgehead atoms. The molecule has 1 unspecified atom stereocenters. The summed E-state index contributed by atoms with van der Waals surface area (Å²) in [5, 5.41) is 9.79. The van der Waals surface area contributed by atoms with E-state index < -0.39 is 37.7 Å². The molecule has 9 nitrogen and oxygen atoms in total. The third kappa shape index (κ3) is 4.42. The van der Waals surface area contributed by atoms with Crippen molar-refractivity contribution in [2.24, 2.45) is 4.36 Å². The minimum atomic E-state index is -3.48. The first-order chi connectivity index (χ1) is 16.1. The molecular formula is C20H23ClF2N6O3S2. The van der Waals surface area contributed by atoms with E-state index in [0.29, 0.717) is 36.5 Å². The highest BCUT2D eigenvalue weighted by atomic mass is 35.5. The Labute approximate surface area is 202 Å². The number of anilines is 1. The first-order valence-corrected chi connectivity index (χ1v) is 14.3. The smallest absolute Gasteiger partial charge is 0.331 e. The van der Waals surface area contributed by atoms with E-state index in [1.54, 1.807) is 0 Å². The van der Waals surface area contributed by atoms with E-state index in [9.17, 15) is 22.3 Å². The van der Waals surface area contributed by atoms with Crippen molar-refractivity contribution < 1.29 is 22.3 Å². The van der Waals surface area contributed by atoms with Crippen molar-refractivity contribution in [1.82, 2.24) is 19.9 Å². The fourth-order valence-electron chi connectivity index (χ4n) is 4.44. The van der Waals surface area contributed by atoms with Gasteiger partial charge >= 0.3 is 5.25 Å². The molecule has 2 N–H and O–H groups in total. The number of nitrogens with one attached hydrogen (secondary N) is 1. The fraction of sp³-hybridized carbons (Fsp3) is 0.600. The number of rotatable bonds is 5. The van der Waals surface area contributed by atoms with Gasteiger partial charge in [0, 0.05) is 29.8 Å². The van der Waals surface area contributed by atoms with E-state index in [4.69, 9.17) is 11.6 Å². The fourth-order valence-corrected chi connectivity index (χ4v) is 7.78. The maximum atomic E-state index is 14.3. The number of halogens is 3. The molecule has 1 atom stereocenters. The first-order valence-electron chi connectivity index (χ1n) is 10.9. The number of hydrogen-bond donors (Lipinski definition) is 2. The van der Waals surface area contributed by atoms with Crippen LogP contribution in [0.25, 0.3) is 0 Å². The second-order valence-corrected chi connectivity index (χ2v) is 13.5. The van der Waals surface area contributed by atoms with E-state index in [-0.39, 0.29) is 46.4 Å². The molecule has 0 spiro atoms. The molecule has 0 radical (unpaired) electrons. The van der Waals surface area contributed by atoms with Gasteiger partial charge in [-0.1, -0.05) is 11.6 Å². The molecule has 184 valence electrons. The number of fused-ring (bicyclic) bond motifs is 1. The second-order valence-electron chi connectivity index (χ2n) is 8.95. The number of nitrogens with zero attached hydrogens (tertiary/aromatic N) is 5. The molecule has 2 aromatic heterocycles. The van der Waals surface area contributed by atoms with Crippen LogP contribution in [0.3, 0.4) is 0 Å². The third-order valence-electron chi connectivity index (χ3n) is 6.57. The van der Waals surface area contributed by atoms with Gasteiger partial charge in [-0.3, -0.25) is 0 Å². The molecule has 2 aliphatic heterocycles. The summed E-state index contributed by atoms with van der Waals surface area (Å²) >= 11 is 5.84. The van der Waals surface area contributed by atoms with Crippen molar-refractivity contribution in [3.63, 3.8) is 0 Å². The normalized spacial score (nSPS) is 29.2. The van der Waals surface area contributed by atoms with Crippen LogP contribution in [-0.2, 0) is 26.9 Å². The highest BCUT2D eigenvalue weighted by Crippen LogP contribution is 2.44. The first kappa shape index (κ1) is 23.9. The maximum Gasteiger partial charge on any atom is 0.331 e. The Kier molecular flexibility index (Phi) is 6.10. The quantitative estimate of drug-likeness (QED) is 0.600. The minimum absolute atomic E-state index is 0.0179. The van der Waals surface area contributed by atoms with Crippen molar-refractivity contribution in [2.75, 3.05) is 23.4 Å². The Bertz CT molecular complexity index is 1250. The van der Waals surface area contributed by atoms with Gasteiger partial charge in [-0.15, -0.1) is 0 Å². The summed E-state index contributed by atoms with van der Waals surface area (Å²) in [6.07, 6.45) is 5.43. The number of aliphatic hydroxyl groups is 1. The standard InChI is InChI=1S/C20H23ClF2N6O3S2/c21-13-9-24-16(25-10-13)12-2-6-34(32,7-3-12)29-18-26-14-8-20(22,23)33(31)15(14)17(27-18)28-19(11-30)4-1-5-19/h9-10,12,30H,1-8,11H2,(H,26,27,28). The predicted molar refractivity (Wildman–Crippen MR) is 123 cm³/mol. The van der Waals surface area contributed by atoms with Crippen molar-refractivity contribution in [3.8, 4) is 0 Å². The summed E-state index contributed by atoms with van der Waals surface area (Å²) in [5.74, 6) is 0.967. The lowest BCUT2D eigenvalue weighted by molar-refractivity contribution is 0.104. The Morgan fingerprint density at radius 3 is 2.50 bits per heavy atom. The summed E-state index contributed by atoms with van der Waals surface area (Å²) in [5.41, 5.74) is -0.779. The lowest BCUT2D eigenvalue weighted by atomic mass is 9.77. The molecule has 0 aromatic carbocycles. The topological polar surface area (TPSA) is 130 Å². The van der Waals surface area contributed by atoms with Crippen LogP contribution in [0.2, 0.25) is 5.02 Å². The summed E-state index contributed by atoms with van der Waals surface area (Å²) < 4.78 is 58.7. The molecular weight excluding hydrogens is 510 g/mol. The highest BCUT2D eigenvalue weighted by molar-refractivity contribution is 7.93. The molecule has 2 fully saturated rings. The van der Waals surface area contributed by atoms with Crippen LogP contribution in [-0.4, -0.2) is 62.4 Å². The van der Waals surface area contributed by atoms with E-state index in [2.05, 4.69) is 29.6 Å². The SMILES string of the molecule is O=S1c2c(nc(N=S3(=O)CCC(c4ncc(Cl)cn4)CC3)nc2NC2(CO)CCC2)CC1(F)F. The van der Waals surface area contributed by atoms with Gasteiger partial charge in [0.15, 0.2) is 0 Å². The van der Waals surface area contributed by atoms with E-state index in [1.807, 2.05) is 0 Å². The molecule has 0 amide bonds. The summed E-state index contributed by atoms with van der Waals surface area (Å²) in [6, 6.07) is 0. The van der Waals surface area contributed by atoms with Crippen molar-refractivity contribution in [1.29, 1.82) is 0 Å². The zero-order valence-corrected chi connectivity index (χ0v) is 20.4. The predicted octanol–water partition coefficient (Wildman–Crippen LogP) is 3.18. The molecule has 5 rings (SSSR count). The van der Waals surface area contributed by atoms with Gasteiger partial charge in [-0.2, -0.15) is 18.1 Å². The van der Waals surface area contributed by atoms with Crippen molar-refractivity contribution in [3.05, 3.63) is 28.9 Å². The van der Waals surface area contributed by atoms with Crippen LogP contribution in [0.1, 0.15) is 49.5 Å².